The molecule has 1 atom stereocenters. The first kappa shape index (κ1) is 17.5. The second kappa shape index (κ2) is 6.71. The van der Waals surface area contributed by atoms with E-state index in [1.165, 1.54) is 0 Å². The van der Waals surface area contributed by atoms with E-state index < -0.39 is 29.9 Å². The minimum atomic E-state index is -1.25. The van der Waals surface area contributed by atoms with E-state index in [2.05, 4.69) is 11.9 Å². The summed E-state index contributed by atoms with van der Waals surface area (Å²) in [6.07, 6.45) is 0. The zero-order valence-electron chi connectivity index (χ0n) is 13.6. The maximum Gasteiger partial charge on any atom is 0.325 e. The van der Waals surface area contributed by atoms with E-state index in [0.717, 1.165) is 10.5 Å². The standard InChI is InChI=1S/C16H20N4O4/c1-10(2)9-24-12-6-4-11(5-7-12)16(3)14(22)20(15(23)18-16)8-13(21)19-17/h4-7H,1,8-9,17H2,2-3H3,(H,18,23)(H,19,21). The molecule has 0 aliphatic carbocycles. The molecule has 4 N–H and O–H groups in total. The van der Waals surface area contributed by atoms with Crippen LogP contribution in [-0.2, 0) is 15.1 Å². The summed E-state index contributed by atoms with van der Waals surface area (Å²) in [7, 11) is 0. The molecule has 128 valence electrons. The van der Waals surface area contributed by atoms with Gasteiger partial charge in [-0.3, -0.25) is 19.9 Å². The molecule has 1 saturated heterocycles. The van der Waals surface area contributed by atoms with Crippen LogP contribution in [0.15, 0.2) is 36.4 Å². The van der Waals surface area contributed by atoms with Crippen LogP contribution in [-0.4, -0.2) is 35.9 Å². The van der Waals surface area contributed by atoms with Crippen LogP contribution in [0.25, 0.3) is 0 Å². The number of imide groups is 1. The molecule has 4 amide bonds. The Morgan fingerprint density at radius 1 is 1.38 bits per heavy atom. The summed E-state index contributed by atoms with van der Waals surface area (Å²) in [6, 6.07) is 6.15. The van der Waals surface area contributed by atoms with Crippen molar-refractivity contribution in [1.82, 2.24) is 15.6 Å². The van der Waals surface area contributed by atoms with Gasteiger partial charge >= 0.3 is 6.03 Å². The molecule has 1 heterocycles. The van der Waals surface area contributed by atoms with Crippen molar-refractivity contribution < 1.29 is 19.1 Å². The molecule has 8 heteroatoms. The van der Waals surface area contributed by atoms with E-state index in [1.807, 2.05) is 12.3 Å². The van der Waals surface area contributed by atoms with E-state index in [9.17, 15) is 14.4 Å². The van der Waals surface area contributed by atoms with Crippen molar-refractivity contribution in [2.75, 3.05) is 13.2 Å². The fourth-order valence-corrected chi connectivity index (χ4v) is 2.32. The number of hydrazine groups is 1. The highest BCUT2D eigenvalue weighted by molar-refractivity contribution is 6.09. The molecule has 24 heavy (non-hydrogen) atoms. The number of nitrogens with zero attached hydrogens (tertiary/aromatic N) is 1. The van der Waals surface area contributed by atoms with Crippen LogP contribution in [0, 0.1) is 0 Å². The van der Waals surface area contributed by atoms with Gasteiger partial charge in [0.1, 0.15) is 24.4 Å². The largest absolute Gasteiger partial charge is 0.489 e. The first-order valence-electron chi connectivity index (χ1n) is 7.29. The van der Waals surface area contributed by atoms with Crippen LogP contribution in [0.2, 0.25) is 0 Å². The third-order valence-corrected chi connectivity index (χ3v) is 3.65. The van der Waals surface area contributed by atoms with Crippen molar-refractivity contribution in [1.29, 1.82) is 0 Å². The topological polar surface area (TPSA) is 114 Å². The van der Waals surface area contributed by atoms with Gasteiger partial charge in [-0.15, -0.1) is 0 Å². The lowest BCUT2D eigenvalue weighted by molar-refractivity contribution is -0.134. The van der Waals surface area contributed by atoms with Gasteiger partial charge in [0.05, 0.1) is 0 Å². The Kier molecular flexibility index (Phi) is 4.89. The molecule has 0 radical (unpaired) electrons. The Morgan fingerprint density at radius 3 is 2.54 bits per heavy atom. The van der Waals surface area contributed by atoms with E-state index in [-0.39, 0.29) is 0 Å². The van der Waals surface area contributed by atoms with Crippen molar-refractivity contribution in [2.45, 2.75) is 19.4 Å². The number of nitrogens with one attached hydrogen (secondary N) is 2. The molecular weight excluding hydrogens is 312 g/mol. The van der Waals surface area contributed by atoms with Gasteiger partial charge < -0.3 is 10.1 Å². The van der Waals surface area contributed by atoms with Crippen LogP contribution in [0.4, 0.5) is 4.79 Å². The first-order valence-corrected chi connectivity index (χ1v) is 7.29. The number of ether oxygens (including phenoxy) is 1. The summed E-state index contributed by atoms with van der Waals surface area (Å²) < 4.78 is 5.51. The monoisotopic (exact) mass is 332 g/mol. The van der Waals surface area contributed by atoms with E-state index in [0.29, 0.717) is 17.9 Å². The minimum Gasteiger partial charge on any atom is -0.489 e. The summed E-state index contributed by atoms with van der Waals surface area (Å²) in [4.78, 5) is 36.7. The molecule has 1 fully saturated rings. The van der Waals surface area contributed by atoms with Crippen molar-refractivity contribution in [2.24, 2.45) is 5.84 Å². The zero-order chi connectivity index (χ0) is 17.9. The number of benzene rings is 1. The Hall–Kier alpha value is -2.87. The van der Waals surface area contributed by atoms with Gasteiger partial charge in [-0.05, 0) is 37.1 Å². The molecular formula is C16H20N4O4. The second-order valence-corrected chi connectivity index (χ2v) is 5.78. The number of amides is 4. The van der Waals surface area contributed by atoms with Crippen LogP contribution in [0.1, 0.15) is 19.4 Å². The maximum absolute atomic E-state index is 12.6. The second-order valence-electron chi connectivity index (χ2n) is 5.78. The van der Waals surface area contributed by atoms with Crippen molar-refractivity contribution in [3.8, 4) is 5.75 Å². The highest BCUT2D eigenvalue weighted by Crippen LogP contribution is 2.29. The molecule has 0 bridgehead atoms. The van der Waals surface area contributed by atoms with E-state index in [4.69, 9.17) is 10.6 Å². The van der Waals surface area contributed by atoms with Gasteiger partial charge in [0.15, 0.2) is 0 Å². The third kappa shape index (κ3) is 3.38. The van der Waals surface area contributed by atoms with Gasteiger partial charge in [-0.25, -0.2) is 10.6 Å². The summed E-state index contributed by atoms with van der Waals surface area (Å²) >= 11 is 0. The maximum atomic E-state index is 12.6. The Morgan fingerprint density at radius 2 is 2.00 bits per heavy atom. The predicted octanol–water partition coefficient (Wildman–Crippen LogP) is 0.398. The summed E-state index contributed by atoms with van der Waals surface area (Å²) in [5.74, 6) is 4.47. The van der Waals surface area contributed by atoms with Crippen LogP contribution in [0.5, 0.6) is 5.75 Å². The minimum absolute atomic E-state index is 0.397. The van der Waals surface area contributed by atoms with Crippen molar-refractivity contribution in [3.63, 3.8) is 0 Å². The first-order chi connectivity index (χ1) is 11.3. The number of rotatable bonds is 6. The summed E-state index contributed by atoms with van der Waals surface area (Å²) in [5, 5.41) is 2.61. The molecule has 1 aliphatic heterocycles. The van der Waals surface area contributed by atoms with E-state index in [1.54, 1.807) is 31.2 Å². The number of carbonyl (C=O) groups excluding carboxylic acids is 3. The summed E-state index contributed by atoms with van der Waals surface area (Å²) in [6.45, 7) is 7.15. The molecule has 1 aromatic rings. The Labute approximate surface area is 139 Å². The molecule has 1 aromatic carbocycles. The lowest BCUT2D eigenvalue weighted by Crippen LogP contribution is -2.44. The molecule has 1 unspecified atom stereocenters. The number of urea groups is 1. The van der Waals surface area contributed by atoms with Crippen molar-refractivity contribution in [3.05, 3.63) is 42.0 Å². The van der Waals surface area contributed by atoms with Gasteiger partial charge in [-0.1, -0.05) is 18.7 Å². The Balaban J connectivity index is 2.18. The normalized spacial score (nSPS) is 19.9. The quantitative estimate of drug-likeness (QED) is 0.229. The third-order valence-electron chi connectivity index (χ3n) is 3.65. The van der Waals surface area contributed by atoms with E-state index >= 15 is 0 Å². The predicted molar refractivity (Wildman–Crippen MR) is 86.7 cm³/mol. The van der Waals surface area contributed by atoms with Crippen LogP contribution < -0.4 is 21.3 Å². The fraction of sp³-hybridized carbons (Fsp3) is 0.312. The number of carbonyl (C=O) groups is 3. The van der Waals surface area contributed by atoms with Crippen LogP contribution in [0.3, 0.4) is 0 Å². The van der Waals surface area contributed by atoms with Crippen molar-refractivity contribution >= 4 is 17.8 Å². The summed E-state index contributed by atoms with van der Waals surface area (Å²) in [5.41, 5.74) is 2.11. The molecule has 2 rings (SSSR count). The number of hydrogen-bond acceptors (Lipinski definition) is 5. The molecule has 0 aromatic heterocycles. The molecule has 1 aliphatic rings. The average Bonchev–Trinajstić information content (AvgIpc) is 2.77. The highest BCUT2D eigenvalue weighted by Gasteiger charge is 2.49. The molecule has 8 nitrogen and oxygen atoms in total. The molecule has 0 saturated carbocycles. The Bertz CT molecular complexity index is 686. The fourth-order valence-electron chi connectivity index (χ4n) is 2.32. The zero-order valence-corrected chi connectivity index (χ0v) is 13.6. The highest BCUT2D eigenvalue weighted by atomic mass is 16.5. The van der Waals surface area contributed by atoms with Gasteiger partial charge in [-0.2, -0.15) is 0 Å². The lowest BCUT2D eigenvalue weighted by Gasteiger charge is -2.22. The lowest BCUT2D eigenvalue weighted by atomic mass is 9.92. The van der Waals surface area contributed by atoms with Gasteiger partial charge in [0, 0.05) is 0 Å². The van der Waals surface area contributed by atoms with Gasteiger partial charge in [0.25, 0.3) is 11.8 Å². The average molecular weight is 332 g/mol. The SMILES string of the molecule is C=C(C)COc1ccc(C2(C)NC(=O)N(CC(=O)NN)C2=O)cc1. The van der Waals surface area contributed by atoms with Crippen LogP contribution >= 0.6 is 0 Å². The van der Waals surface area contributed by atoms with Gasteiger partial charge in [0.2, 0.25) is 0 Å². The number of hydrogen-bond donors (Lipinski definition) is 3. The smallest absolute Gasteiger partial charge is 0.325 e. The number of nitrogens with two attached hydrogens (primary N) is 1. The molecule has 0 spiro atoms.